The van der Waals surface area contributed by atoms with Crippen LogP contribution in [0.1, 0.15) is 25.3 Å². The van der Waals surface area contributed by atoms with Crippen LogP contribution in [0, 0.1) is 23.0 Å². The summed E-state index contributed by atoms with van der Waals surface area (Å²) in [4.78, 5) is 16.8. The van der Waals surface area contributed by atoms with Crippen molar-refractivity contribution in [2.24, 2.45) is 11.7 Å². The molecule has 2 atom stereocenters. The smallest absolute Gasteiger partial charge is 0.287 e. The van der Waals surface area contributed by atoms with Crippen molar-refractivity contribution in [3.05, 3.63) is 27.9 Å². The Labute approximate surface area is 112 Å². The van der Waals surface area contributed by atoms with E-state index in [1.807, 2.05) is 6.92 Å². The summed E-state index contributed by atoms with van der Waals surface area (Å²) in [5.74, 6) is 1.50. The maximum Gasteiger partial charge on any atom is 0.287 e. The van der Waals surface area contributed by atoms with Crippen LogP contribution >= 0.6 is 0 Å². The fourth-order valence-electron chi connectivity index (χ4n) is 2.71. The molecule has 2 unspecified atom stereocenters. The van der Waals surface area contributed by atoms with Gasteiger partial charge in [-0.3, -0.25) is 10.1 Å². The van der Waals surface area contributed by atoms with Gasteiger partial charge in [-0.15, -0.1) is 0 Å². The molecule has 19 heavy (non-hydrogen) atoms. The highest BCUT2D eigenvalue weighted by molar-refractivity contribution is 5.51. The topological polar surface area (TPSA) is 85.3 Å². The fourth-order valence-corrected chi connectivity index (χ4v) is 2.71. The predicted molar refractivity (Wildman–Crippen MR) is 74.2 cm³/mol. The summed E-state index contributed by atoms with van der Waals surface area (Å²) < 4.78 is 0. The van der Waals surface area contributed by atoms with Gasteiger partial charge < -0.3 is 10.6 Å². The van der Waals surface area contributed by atoms with E-state index in [4.69, 9.17) is 5.73 Å². The lowest BCUT2D eigenvalue weighted by molar-refractivity contribution is -0.385. The SMILES string of the molecule is Cc1cc([N+](=O)[O-])cnc1N1CCC(C)CC1CN. The number of hydrogen-bond donors (Lipinski definition) is 1. The van der Waals surface area contributed by atoms with Crippen molar-refractivity contribution >= 4 is 11.5 Å². The van der Waals surface area contributed by atoms with Crippen molar-refractivity contribution in [3.8, 4) is 0 Å². The van der Waals surface area contributed by atoms with Crippen LogP contribution in [0.25, 0.3) is 0 Å². The number of hydrogen-bond acceptors (Lipinski definition) is 5. The number of nitro groups is 1. The lowest BCUT2D eigenvalue weighted by Gasteiger charge is -2.39. The number of rotatable bonds is 3. The molecular weight excluding hydrogens is 244 g/mol. The van der Waals surface area contributed by atoms with E-state index in [1.54, 1.807) is 6.07 Å². The second-order valence-corrected chi connectivity index (χ2v) is 5.30. The van der Waals surface area contributed by atoms with Crippen LogP contribution in [0.4, 0.5) is 11.5 Å². The molecule has 1 aliphatic rings. The zero-order valence-corrected chi connectivity index (χ0v) is 11.4. The molecule has 2 rings (SSSR count). The van der Waals surface area contributed by atoms with Gasteiger partial charge in [0.15, 0.2) is 0 Å². The Morgan fingerprint density at radius 3 is 2.95 bits per heavy atom. The molecule has 1 saturated heterocycles. The first-order valence-corrected chi connectivity index (χ1v) is 6.60. The van der Waals surface area contributed by atoms with Crippen LogP contribution < -0.4 is 10.6 Å². The highest BCUT2D eigenvalue weighted by Crippen LogP contribution is 2.29. The number of nitrogens with two attached hydrogens (primary N) is 1. The van der Waals surface area contributed by atoms with E-state index in [2.05, 4.69) is 16.8 Å². The number of aryl methyl sites for hydroxylation is 1. The Morgan fingerprint density at radius 1 is 1.63 bits per heavy atom. The van der Waals surface area contributed by atoms with E-state index < -0.39 is 4.92 Å². The predicted octanol–water partition coefficient (Wildman–Crippen LogP) is 1.86. The number of piperidine rings is 1. The standard InChI is InChI=1S/C13H20N4O2/c1-9-3-4-16(11(5-9)7-14)13-10(2)6-12(8-15-13)17(18)19/h6,8-9,11H,3-5,7,14H2,1-2H3. The van der Waals surface area contributed by atoms with E-state index in [-0.39, 0.29) is 11.7 Å². The molecule has 0 spiro atoms. The summed E-state index contributed by atoms with van der Waals surface area (Å²) in [6.07, 6.45) is 3.48. The van der Waals surface area contributed by atoms with E-state index >= 15 is 0 Å². The van der Waals surface area contributed by atoms with Gasteiger partial charge in [0.25, 0.3) is 5.69 Å². The summed E-state index contributed by atoms with van der Waals surface area (Å²) in [5, 5.41) is 10.7. The van der Waals surface area contributed by atoms with E-state index in [9.17, 15) is 10.1 Å². The minimum Gasteiger partial charge on any atom is -0.352 e. The second-order valence-electron chi connectivity index (χ2n) is 5.30. The maximum absolute atomic E-state index is 10.7. The molecule has 1 fully saturated rings. The summed E-state index contributed by atoms with van der Waals surface area (Å²) in [7, 11) is 0. The molecule has 1 aliphatic heterocycles. The number of anilines is 1. The molecule has 2 N–H and O–H groups in total. The van der Waals surface area contributed by atoms with Gasteiger partial charge in [-0.2, -0.15) is 0 Å². The third-order valence-corrected chi connectivity index (χ3v) is 3.77. The fraction of sp³-hybridized carbons (Fsp3) is 0.615. The zero-order valence-electron chi connectivity index (χ0n) is 11.4. The average Bonchev–Trinajstić information content (AvgIpc) is 2.38. The molecule has 1 aromatic heterocycles. The molecule has 2 heterocycles. The van der Waals surface area contributed by atoms with E-state index in [1.165, 1.54) is 6.20 Å². The van der Waals surface area contributed by atoms with Crippen LogP contribution in [-0.4, -0.2) is 29.0 Å². The first-order valence-electron chi connectivity index (χ1n) is 6.60. The van der Waals surface area contributed by atoms with Crippen molar-refractivity contribution in [3.63, 3.8) is 0 Å². The molecular formula is C13H20N4O2. The van der Waals surface area contributed by atoms with Crippen molar-refractivity contribution in [1.82, 2.24) is 4.98 Å². The average molecular weight is 264 g/mol. The van der Waals surface area contributed by atoms with Crippen LogP contribution in [-0.2, 0) is 0 Å². The van der Waals surface area contributed by atoms with Gasteiger partial charge in [0, 0.05) is 25.2 Å². The molecule has 0 aromatic carbocycles. The highest BCUT2D eigenvalue weighted by Gasteiger charge is 2.27. The monoisotopic (exact) mass is 264 g/mol. The summed E-state index contributed by atoms with van der Waals surface area (Å²) in [5.41, 5.74) is 6.72. The Bertz CT molecular complexity index is 478. The van der Waals surface area contributed by atoms with Gasteiger partial charge in [0.05, 0.1) is 4.92 Å². The number of nitrogens with zero attached hydrogens (tertiary/aromatic N) is 3. The van der Waals surface area contributed by atoms with Crippen molar-refractivity contribution in [2.45, 2.75) is 32.7 Å². The summed E-state index contributed by atoms with van der Waals surface area (Å²) >= 11 is 0. The summed E-state index contributed by atoms with van der Waals surface area (Å²) in [6.45, 7) is 5.59. The third kappa shape index (κ3) is 2.84. The molecule has 0 saturated carbocycles. The minimum atomic E-state index is -0.414. The van der Waals surface area contributed by atoms with Gasteiger partial charge in [-0.1, -0.05) is 6.92 Å². The Kier molecular flexibility index (Phi) is 3.99. The van der Waals surface area contributed by atoms with E-state index in [0.29, 0.717) is 12.5 Å². The number of aromatic nitrogens is 1. The number of pyridine rings is 1. The zero-order chi connectivity index (χ0) is 14.0. The van der Waals surface area contributed by atoms with Crippen LogP contribution in [0.3, 0.4) is 0 Å². The minimum absolute atomic E-state index is 0.0379. The Morgan fingerprint density at radius 2 is 2.37 bits per heavy atom. The Balaban J connectivity index is 2.28. The van der Waals surface area contributed by atoms with Gasteiger partial charge >= 0.3 is 0 Å². The Hall–Kier alpha value is -1.69. The normalized spacial score (nSPS) is 23.4. The van der Waals surface area contributed by atoms with Gasteiger partial charge in [-0.25, -0.2) is 4.98 Å². The molecule has 0 bridgehead atoms. The van der Waals surface area contributed by atoms with Crippen molar-refractivity contribution in [1.29, 1.82) is 0 Å². The van der Waals surface area contributed by atoms with Crippen LogP contribution in [0.15, 0.2) is 12.3 Å². The molecule has 6 heteroatoms. The third-order valence-electron chi connectivity index (χ3n) is 3.77. The first kappa shape index (κ1) is 13.7. The molecule has 104 valence electrons. The first-order chi connectivity index (χ1) is 9.02. The van der Waals surface area contributed by atoms with Crippen molar-refractivity contribution < 1.29 is 4.92 Å². The summed E-state index contributed by atoms with van der Waals surface area (Å²) in [6, 6.07) is 1.85. The van der Waals surface area contributed by atoms with E-state index in [0.717, 1.165) is 30.8 Å². The van der Waals surface area contributed by atoms with Gasteiger partial charge in [0.2, 0.25) is 0 Å². The molecule has 1 aromatic rings. The molecule has 0 aliphatic carbocycles. The molecule has 6 nitrogen and oxygen atoms in total. The quantitative estimate of drug-likeness (QED) is 0.665. The lowest BCUT2D eigenvalue weighted by Crippen LogP contribution is -2.47. The lowest BCUT2D eigenvalue weighted by atomic mass is 9.92. The van der Waals surface area contributed by atoms with Crippen molar-refractivity contribution in [2.75, 3.05) is 18.0 Å². The van der Waals surface area contributed by atoms with Crippen LogP contribution in [0.5, 0.6) is 0 Å². The highest BCUT2D eigenvalue weighted by atomic mass is 16.6. The molecule has 0 amide bonds. The second kappa shape index (κ2) is 5.52. The molecule has 0 radical (unpaired) electrons. The van der Waals surface area contributed by atoms with Gasteiger partial charge in [0.1, 0.15) is 12.0 Å². The maximum atomic E-state index is 10.7. The van der Waals surface area contributed by atoms with Gasteiger partial charge in [-0.05, 0) is 31.2 Å². The van der Waals surface area contributed by atoms with Crippen LogP contribution in [0.2, 0.25) is 0 Å². The largest absolute Gasteiger partial charge is 0.352 e.